The molecule has 0 saturated heterocycles. The van der Waals surface area contributed by atoms with Gasteiger partial charge in [0.05, 0.1) is 11.6 Å². The number of urea groups is 1. The van der Waals surface area contributed by atoms with Gasteiger partial charge < -0.3 is 20.7 Å². The van der Waals surface area contributed by atoms with E-state index in [9.17, 15) is 9.59 Å². The van der Waals surface area contributed by atoms with Crippen molar-refractivity contribution in [3.8, 4) is 17.6 Å². The SMILES string of the molecule is Cc1cc(Oc2ccc(C#N)cc2)ccc1NC(=O)CCNC(=O)NC12CC3CC(CC(C3)C1)C2. The molecule has 0 spiro atoms. The molecule has 4 aliphatic rings. The van der Waals surface area contributed by atoms with Gasteiger partial charge in [0.2, 0.25) is 5.91 Å². The number of rotatable bonds is 7. The van der Waals surface area contributed by atoms with E-state index in [4.69, 9.17) is 10.00 Å². The molecule has 7 heteroatoms. The fraction of sp³-hybridized carbons (Fsp3) is 0.464. The fourth-order valence-electron chi connectivity index (χ4n) is 6.62. The molecule has 0 atom stereocenters. The summed E-state index contributed by atoms with van der Waals surface area (Å²) in [6.45, 7) is 2.20. The summed E-state index contributed by atoms with van der Waals surface area (Å²) in [5.74, 6) is 3.46. The molecule has 182 valence electrons. The maximum Gasteiger partial charge on any atom is 0.315 e. The normalized spacial score (nSPS) is 26.0. The number of aryl methyl sites for hydroxylation is 1. The first-order valence-corrected chi connectivity index (χ1v) is 12.5. The average molecular weight is 473 g/mol. The van der Waals surface area contributed by atoms with E-state index in [1.54, 1.807) is 36.4 Å². The molecule has 0 aliphatic heterocycles. The number of nitriles is 1. The molecule has 0 heterocycles. The highest BCUT2D eigenvalue weighted by Crippen LogP contribution is 2.55. The summed E-state index contributed by atoms with van der Waals surface area (Å²) in [6.07, 6.45) is 7.54. The van der Waals surface area contributed by atoms with Crippen molar-refractivity contribution < 1.29 is 14.3 Å². The molecular formula is C28H32N4O3. The van der Waals surface area contributed by atoms with Gasteiger partial charge in [-0.25, -0.2) is 4.79 Å². The van der Waals surface area contributed by atoms with Gasteiger partial charge in [-0.1, -0.05) is 0 Å². The van der Waals surface area contributed by atoms with E-state index in [-0.39, 0.29) is 23.9 Å². The highest BCUT2D eigenvalue weighted by Gasteiger charge is 2.51. The molecular weight excluding hydrogens is 440 g/mol. The van der Waals surface area contributed by atoms with Crippen molar-refractivity contribution in [3.05, 3.63) is 53.6 Å². The standard InChI is InChI=1S/C28H32N4O3/c1-18-10-24(35-23-4-2-19(17-29)3-5-23)6-7-25(18)31-26(33)8-9-30-27(34)32-28-14-20-11-21(15-28)13-22(12-20)16-28/h2-7,10,20-22H,8-9,11-16H2,1H3,(H,31,33)(H2,30,32,34). The van der Waals surface area contributed by atoms with Crippen molar-refractivity contribution in [2.75, 3.05) is 11.9 Å². The zero-order valence-electron chi connectivity index (χ0n) is 20.1. The summed E-state index contributed by atoms with van der Waals surface area (Å²) in [5.41, 5.74) is 2.13. The van der Waals surface area contributed by atoms with Gasteiger partial charge in [0, 0.05) is 24.2 Å². The van der Waals surface area contributed by atoms with Crippen LogP contribution < -0.4 is 20.7 Å². The van der Waals surface area contributed by atoms with Crippen LogP contribution in [0.4, 0.5) is 10.5 Å². The van der Waals surface area contributed by atoms with E-state index >= 15 is 0 Å². The zero-order valence-corrected chi connectivity index (χ0v) is 20.1. The van der Waals surface area contributed by atoms with E-state index in [0.717, 1.165) is 42.6 Å². The monoisotopic (exact) mass is 472 g/mol. The first-order valence-electron chi connectivity index (χ1n) is 12.5. The first-order chi connectivity index (χ1) is 16.9. The van der Waals surface area contributed by atoms with Crippen LogP contribution in [-0.4, -0.2) is 24.0 Å². The maximum atomic E-state index is 12.6. The van der Waals surface area contributed by atoms with Crippen LogP contribution in [0.3, 0.4) is 0 Å². The van der Waals surface area contributed by atoms with Crippen molar-refractivity contribution in [1.29, 1.82) is 5.26 Å². The summed E-state index contributed by atoms with van der Waals surface area (Å²) in [6, 6.07) is 14.3. The first kappa shape index (κ1) is 23.2. The fourth-order valence-corrected chi connectivity index (χ4v) is 6.62. The topological polar surface area (TPSA) is 103 Å². The van der Waals surface area contributed by atoms with E-state index in [2.05, 4.69) is 22.0 Å². The van der Waals surface area contributed by atoms with E-state index in [0.29, 0.717) is 29.3 Å². The molecule has 3 N–H and O–H groups in total. The summed E-state index contributed by atoms with van der Waals surface area (Å²) >= 11 is 0. The van der Waals surface area contributed by atoms with E-state index in [1.165, 1.54) is 19.3 Å². The van der Waals surface area contributed by atoms with Crippen LogP contribution >= 0.6 is 0 Å². The Morgan fingerprint density at radius 2 is 1.63 bits per heavy atom. The molecule has 35 heavy (non-hydrogen) atoms. The second kappa shape index (κ2) is 9.61. The van der Waals surface area contributed by atoms with Crippen LogP contribution in [0.15, 0.2) is 42.5 Å². The largest absolute Gasteiger partial charge is 0.457 e. The summed E-state index contributed by atoms with van der Waals surface area (Å²) in [4.78, 5) is 25.0. The van der Waals surface area contributed by atoms with Crippen molar-refractivity contribution in [3.63, 3.8) is 0 Å². The van der Waals surface area contributed by atoms with Gasteiger partial charge in [-0.2, -0.15) is 5.26 Å². The van der Waals surface area contributed by atoms with Crippen LogP contribution in [0.1, 0.15) is 56.1 Å². The number of hydrogen-bond acceptors (Lipinski definition) is 4. The minimum atomic E-state index is -0.153. The van der Waals surface area contributed by atoms with Gasteiger partial charge in [-0.3, -0.25) is 4.79 Å². The van der Waals surface area contributed by atoms with Crippen LogP contribution in [0.5, 0.6) is 11.5 Å². The number of carbonyl (C=O) groups excluding carboxylic acids is 2. The lowest BCUT2D eigenvalue weighted by atomic mass is 9.53. The second-order valence-electron chi connectivity index (χ2n) is 10.6. The third-order valence-corrected chi connectivity index (χ3v) is 7.75. The molecule has 4 aliphatic carbocycles. The Hall–Kier alpha value is -3.53. The number of nitrogens with zero attached hydrogens (tertiary/aromatic N) is 1. The number of carbonyl (C=O) groups is 2. The van der Waals surface area contributed by atoms with E-state index in [1.807, 2.05) is 13.0 Å². The molecule has 2 aromatic rings. The van der Waals surface area contributed by atoms with Gasteiger partial charge in [-0.05, 0) is 111 Å². The van der Waals surface area contributed by atoms with Crippen LogP contribution in [0.25, 0.3) is 0 Å². The van der Waals surface area contributed by atoms with E-state index < -0.39 is 0 Å². The zero-order chi connectivity index (χ0) is 24.4. The molecule has 4 fully saturated rings. The molecule has 6 rings (SSSR count). The van der Waals surface area contributed by atoms with Crippen molar-refractivity contribution >= 4 is 17.6 Å². The Labute approximate surface area is 206 Å². The number of benzene rings is 2. The Balaban J connectivity index is 1.07. The lowest BCUT2D eigenvalue weighted by Gasteiger charge is -2.56. The molecule has 0 aromatic heterocycles. The highest BCUT2D eigenvalue weighted by atomic mass is 16.5. The molecule has 4 saturated carbocycles. The van der Waals surface area contributed by atoms with Crippen LogP contribution in [0.2, 0.25) is 0 Å². The predicted molar refractivity (Wildman–Crippen MR) is 133 cm³/mol. The minimum absolute atomic E-state index is 0.0280. The van der Waals surface area contributed by atoms with Crippen molar-refractivity contribution in [1.82, 2.24) is 10.6 Å². The smallest absolute Gasteiger partial charge is 0.315 e. The Bertz CT molecular complexity index is 1120. The van der Waals surface area contributed by atoms with Crippen molar-refractivity contribution in [2.24, 2.45) is 17.8 Å². The van der Waals surface area contributed by atoms with Crippen LogP contribution in [-0.2, 0) is 4.79 Å². The Morgan fingerprint density at radius 3 is 2.23 bits per heavy atom. The lowest BCUT2D eigenvalue weighted by Crippen LogP contribution is -2.61. The maximum absolute atomic E-state index is 12.6. The van der Waals surface area contributed by atoms with Gasteiger partial charge in [0.15, 0.2) is 0 Å². The molecule has 2 aromatic carbocycles. The molecule has 7 nitrogen and oxygen atoms in total. The number of nitrogens with one attached hydrogen (secondary N) is 3. The number of hydrogen-bond donors (Lipinski definition) is 3. The molecule has 4 bridgehead atoms. The van der Waals surface area contributed by atoms with Gasteiger partial charge >= 0.3 is 6.03 Å². The third-order valence-electron chi connectivity index (χ3n) is 7.75. The summed E-state index contributed by atoms with van der Waals surface area (Å²) < 4.78 is 5.83. The summed E-state index contributed by atoms with van der Waals surface area (Å²) in [5, 5.41) is 18.0. The Morgan fingerprint density at radius 1 is 1.00 bits per heavy atom. The lowest BCUT2D eigenvalue weighted by molar-refractivity contribution is -0.116. The molecule has 0 unspecified atom stereocenters. The van der Waals surface area contributed by atoms with Crippen molar-refractivity contribution in [2.45, 2.75) is 57.4 Å². The minimum Gasteiger partial charge on any atom is -0.457 e. The number of ether oxygens (including phenoxy) is 1. The third kappa shape index (κ3) is 5.43. The highest BCUT2D eigenvalue weighted by molar-refractivity contribution is 5.92. The van der Waals surface area contributed by atoms with Gasteiger partial charge in [0.1, 0.15) is 11.5 Å². The van der Waals surface area contributed by atoms with Gasteiger partial charge in [-0.15, -0.1) is 0 Å². The summed E-state index contributed by atoms with van der Waals surface area (Å²) in [7, 11) is 0. The number of anilines is 1. The van der Waals surface area contributed by atoms with Crippen LogP contribution in [0, 0.1) is 36.0 Å². The molecule has 3 amide bonds. The average Bonchev–Trinajstić information content (AvgIpc) is 2.80. The predicted octanol–water partition coefficient (Wildman–Crippen LogP) is 5.26. The quantitative estimate of drug-likeness (QED) is 0.512. The van der Waals surface area contributed by atoms with Gasteiger partial charge in [0.25, 0.3) is 0 Å². The number of amides is 3. The Kier molecular flexibility index (Phi) is 6.38. The molecule has 0 radical (unpaired) electrons. The second-order valence-corrected chi connectivity index (χ2v) is 10.6.